The van der Waals surface area contributed by atoms with Gasteiger partial charge in [-0.1, -0.05) is 22.0 Å². The minimum atomic E-state index is -0.427. The van der Waals surface area contributed by atoms with E-state index in [1.165, 1.54) is 0 Å². The molecule has 1 atom stereocenters. The molecule has 2 N–H and O–H groups in total. The van der Waals surface area contributed by atoms with Crippen molar-refractivity contribution in [2.24, 2.45) is 0 Å². The highest BCUT2D eigenvalue weighted by Gasteiger charge is 2.25. The first-order valence-corrected chi connectivity index (χ1v) is 8.88. The maximum Gasteiger partial charge on any atom is 0.241 e. The standard InChI is InChI=1S/C17H24BrN3O3/c1-12(17(24)19-14-5-3-4-13(18)10-14)20(2)11-16(23)21-8-6-15(22)7-9-21/h3-5,10,12,15,22H,6-9,11H2,1-2H3,(H,19,24)/t12-/m1/s1. The van der Waals surface area contributed by atoms with E-state index in [0.717, 1.165) is 4.47 Å². The Hall–Kier alpha value is -1.44. The van der Waals surface area contributed by atoms with Crippen molar-refractivity contribution >= 4 is 33.4 Å². The van der Waals surface area contributed by atoms with Crippen molar-refractivity contribution in [1.82, 2.24) is 9.80 Å². The normalized spacial score (nSPS) is 17.0. The van der Waals surface area contributed by atoms with Crippen LogP contribution in [0.1, 0.15) is 19.8 Å². The lowest BCUT2D eigenvalue weighted by Gasteiger charge is -2.32. The molecule has 0 bridgehead atoms. The molecule has 0 radical (unpaired) electrons. The molecule has 7 heteroatoms. The van der Waals surface area contributed by atoms with Gasteiger partial charge in [0.1, 0.15) is 0 Å². The van der Waals surface area contributed by atoms with E-state index in [0.29, 0.717) is 31.6 Å². The Morgan fingerprint density at radius 3 is 2.71 bits per heavy atom. The SMILES string of the molecule is C[C@H](C(=O)Nc1cccc(Br)c1)N(C)CC(=O)N1CCC(O)CC1. The fourth-order valence-electron chi connectivity index (χ4n) is 2.58. The summed E-state index contributed by atoms with van der Waals surface area (Å²) in [5.41, 5.74) is 0.714. The van der Waals surface area contributed by atoms with Crippen LogP contribution in [-0.4, -0.2) is 65.5 Å². The number of rotatable bonds is 5. The number of aliphatic hydroxyl groups excluding tert-OH is 1. The van der Waals surface area contributed by atoms with Gasteiger partial charge in [-0.05, 0) is 45.0 Å². The Labute approximate surface area is 150 Å². The maximum atomic E-state index is 12.3. The molecule has 1 aliphatic heterocycles. The van der Waals surface area contributed by atoms with Crippen molar-refractivity contribution < 1.29 is 14.7 Å². The largest absolute Gasteiger partial charge is 0.393 e. The number of nitrogens with one attached hydrogen (secondary N) is 1. The summed E-state index contributed by atoms with van der Waals surface area (Å²) in [5.74, 6) is -0.163. The van der Waals surface area contributed by atoms with Crippen LogP contribution in [0.25, 0.3) is 0 Å². The van der Waals surface area contributed by atoms with Crippen LogP contribution in [0, 0.1) is 0 Å². The maximum absolute atomic E-state index is 12.3. The molecule has 6 nitrogen and oxygen atoms in total. The van der Waals surface area contributed by atoms with Crippen molar-refractivity contribution in [3.05, 3.63) is 28.7 Å². The summed E-state index contributed by atoms with van der Waals surface area (Å²) in [7, 11) is 1.77. The third kappa shape index (κ3) is 5.29. The Morgan fingerprint density at radius 1 is 1.42 bits per heavy atom. The second-order valence-electron chi connectivity index (χ2n) is 6.20. The smallest absolute Gasteiger partial charge is 0.241 e. The van der Waals surface area contributed by atoms with Crippen LogP contribution in [0.4, 0.5) is 5.69 Å². The summed E-state index contributed by atoms with van der Waals surface area (Å²) in [5, 5.41) is 12.4. The number of hydrogen-bond donors (Lipinski definition) is 2. The number of amides is 2. The molecule has 1 aromatic rings. The zero-order valence-electron chi connectivity index (χ0n) is 14.0. The summed E-state index contributed by atoms with van der Waals surface area (Å²) >= 11 is 3.37. The number of piperidine rings is 1. The van der Waals surface area contributed by atoms with E-state index in [1.807, 2.05) is 24.3 Å². The van der Waals surface area contributed by atoms with E-state index >= 15 is 0 Å². The molecule has 2 amide bonds. The zero-order valence-corrected chi connectivity index (χ0v) is 15.6. The van der Waals surface area contributed by atoms with E-state index in [9.17, 15) is 14.7 Å². The van der Waals surface area contributed by atoms with Gasteiger partial charge in [-0.2, -0.15) is 0 Å². The molecule has 1 aromatic carbocycles. The van der Waals surface area contributed by atoms with Crippen LogP contribution in [0.2, 0.25) is 0 Å². The first-order chi connectivity index (χ1) is 11.4. The number of benzene rings is 1. The monoisotopic (exact) mass is 397 g/mol. The molecule has 1 saturated heterocycles. The van der Waals surface area contributed by atoms with Crippen LogP contribution >= 0.6 is 15.9 Å². The minimum Gasteiger partial charge on any atom is -0.393 e. The molecule has 1 fully saturated rings. The first-order valence-electron chi connectivity index (χ1n) is 8.09. The zero-order chi connectivity index (χ0) is 17.7. The van der Waals surface area contributed by atoms with Gasteiger partial charge in [-0.15, -0.1) is 0 Å². The van der Waals surface area contributed by atoms with Crippen molar-refractivity contribution in [2.75, 3.05) is 32.0 Å². The van der Waals surface area contributed by atoms with E-state index in [4.69, 9.17) is 0 Å². The summed E-state index contributed by atoms with van der Waals surface area (Å²) in [6.45, 7) is 3.11. The van der Waals surface area contributed by atoms with Gasteiger partial charge in [0.15, 0.2) is 0 Å². The van der Waals surface area contributed by atoms with Crippen LogP contribution < -0.4 is 5.32 Å². The number of likely N-dealkylation sites (N-methyl/N-ethyl adjacent to an activating group) is 1. The van der Waals surface area contributed by atoms with Gasteiger partial charge < -0.3 is 15.3 Å². The topological polar surface area (TPSA) is 72.9 Å². The van der Waals surface area contributed by atoms with Gasteiger partial charge in [-0.25, -0.2) is 0 Å². The molecular formula is C17H24BrN3O3. The second-order valence-corrected chi connectivity index (χ2v) is 7.12. The average molecular weight is 398 g/mol. The third-order valence-corrected chi connectivity index (χ3v) is 4.83. The molecule has 0 aromatic heterocycles. The Morgan fingerprint density at radius 2 is 2.08 bits per heavy atom. The second kappa shape index (κ2) is 8.60. The van der Waals surface area contributed by atoms with Gasteiger partial charge >= 0.3 is 0 Å². The molecule has 132 valence electrons. The number of nitrogens with zero attached hydrogens (tertiary/aromatic N) is 2. The third-order valence-electron chi connectivity index (χ3n) is 4.33. The van der Waals surface area contributed by atoms with Crippen molar-refractivity contribution in [2.45, 2.75) is 31.9 Å². The predicted octanol–water partition coefficient (Wildman–Crippen LogP) is 1.69. The van der Waals surface area contributed by atoms with Crippen LogP contribution in [0.5, 0.6) is 0 Å². The quantitative estimate of drug-likeness (QED) is 0.792. The van der Waals surface area contributed by atoms with Gasteiger partial charge in [0.05, 0.1) is 18.7 Å². The van der Waals surface area contributed by atoms with Crippen LogP contribution in [0.15, 0.2) is 28.7 Å². The van der Waals surface area contributed by atoms with Crippen LogP contribution in [-0.2, 0) is 9.59 Å². The molecule has 1 aliphatic rings. The Bertz CT molecular complexity index is 588. The molecule has 2 rings (SSSR count). The van der Waals surface area contributed by atoms with Gasteiger partial charge in [0.2, 0.25) is 11.8 Å². The molecule has 24 heavy (non-hydrogen) atoms. The lowest BCUT2D eigenvalue weighted by Crippen LogP contribution is -2.48. The predicted molar refractivity (Wildman–Crippen MR) is 96.7 cm³/mol. The highest BCUT2D eigenvalue weighted by Crippen LogP contribution is 2.16. The Kier molecular flexibility index (Phi) is 6.77. The fourth-order valence-corrected chi connectivity index (χ4v) is 2.98. The molecule has 0 saturated carbocycles. The molecule has 0 unspecified atom stereocenters. The molecule has 1 heterocycles. The number of anilines is 1. The lowest BCUT2D eigenvalue weighted by atomic mass is 10.1. The van der Waals surface area contributed by atoms with Crippen molar-refractivity contribution in [3.63, 3.8) is 0 Å². The summed E-state index contributed by atoms with van der Waals surface area (Å²) in [6.07, 6.45) is 0.935. The number of carbonyl (C=O) groups excluding carboxylic acids is 2. The van der Waals surface area contributed by atoms with Crippen molar-refractivity contribution in [3.8, 4) is 0 Å². The van der Waals surface area contributed by atoms with E-state index in [1.54, 1.807) is 23.8 Å². The van der Waals surface area contributed by atoms with Crippen molar-refractivity contribution in [1.29, 1.82) is 0 Å². The molecule has 0 aliphatic carbocycles. The molecule has 0 spiro atoms. The van der Waals surface area contributed by atoms with Gasteiger partial charge in [0.25, 0.3) is 0 Å². The average Bonchev–Trinajstić information content (AvgIpc) is 2.54. The van der Waals surface area contributed by atoms with Gasteiger partial charge in [-0.3, -0.25) is 14.5 Å². The first kappa shape index (κ1) is 18.9. The van der Waals surface area contributed by atoms with E-state index < -0.39 is 6.04 Å². The van der Waals surface area contributed by atoms with Gasteiger partial charge in [0, 0.05) is 23.2 Å². The number of carbonyl (C=O) groups is 2. The number of likely N-dealkylation sites (tertiary alicyclic amines) is 1. The number of hydrogen-bond acceptors (Lipinski definition) is 4. The lowest BCUT2D eigenvalue weighted by molar-refractivity contribution is -0.135. The minimum absolute atomic E-state index is 0.00787. The number of aliphatic hydroxyl groups is 1. The highest BCUT2D eigenvalue weighted by molar-refractivity contribution is 9.10. The summed E-state index contributed by atoms with van der Waals surface area (Å²) < 4.78 is 0.892. The van der Waals surface area contributed by atoms with Crippen LogP contribution in [0.3, 0.4) is 0 Å². The molecular weight excluding hydrogens is 374 g/mol. The summed E-state index contributed by atoms with van der Waals surface area (Å²) in [6, 6.07) is 6.96. The Balaban J connectivity index is 1.85. The number of halogens is 1. The highest BCUT2D eigenvalue weighted by atomic mass is 79.9. The van der Waals surface area contributed by atoms with E-state index in [2.05, 4.69) is 21.2 Å². The summed E-state index contributed by atoms with van der Waals surface area (Å²) in [4.78, 5) is 28.1. The van der Waals surface area contributed by atoms with E-state index in [-0.39, 0.29) is 24.5 Å². The fraction of sp³-hybridized carbons (Fsp3) is 0.529.